The number of ether oxygens (including phenoxy) is 2. The molecule has 9 nitrogen and oxygen atoms in total. The number of sulfonamides is 1. The van der Waals surface area contributed by atoms with Crippen molar-refractivity contribution in [2.24, 2.45) is 0 Å². The molecule has 1 fully saturated rings. The summed E-state index contributed by atoms with van der Waals surface area (Å²) >= 11 is 5.84. The van der Waals surface area contributed by atoms with Gasteiger partial charge in [0.15, 0.2) is 6.61 Å². The first-order valence-corrected chi connectivity index (χ1v) is 11.3. The first-order chi connectivity index (χ1) is 15.3. The number of carbonyl (C=O) groups is 1. The number of carbonyl (C=O) groups excluding carboxylic acids is 1. The van der Waals surface area contributed by atoms with E-state index in [2.05, 4.69) is 10.2 Å². The van der Waals surface area contributed by atoms with E-state index in [1.165, 1.54) is 4.31 Å². The fourth-order valence-electron chi connectivity index (χ4n) is 2.98. The summed E-state index contributed by atoms with van der Waals surface area (Å²) in [5.41, 5.74) is 0.100. The summed E-state index contributed by atoms with van der Waals surface area (Å²) in [4.78, 5) is 12.2. The molecule has 0 spiro atoms. The maximum absolute atomic E-state index is 14.2. The number of rotatable bonds is 6. The Hall–Kier alpha value is -2.86. The van der Waals surface area contributed by atoms with Crippen LogP contribution < -0.4 is 0 Å². The molecule has 0 bridgehead atoms. The van der Waals surface area contributed by atoms with Crippen LogP contribution in [0.5, 0.6) is 0 Å². The van der Waals surface area contributed by atoms with Crippen molar-refractivity contribution < 1.29 is 31.5 Å². The van der Waals surface area contributed by atoms with Crippen LogP contribution in [0.4, 0.5) is 4.39 Å². The molecule has 0 amide bonds. The molecule has 0 aliphatic carbocycles. The Kier molecular flexibility index (Phi) is 6.51. The third-order valence-electron chi connectivity index (χ3n) is 4.65. The average Bonchev–Trinajstić information content (AvgIpc) is 3.28. The second-order valence-electron chi connectivity index (χ2n) is 6.74. The molecule has 0 radical (unpaired) electrons. The van der Waals surface area contributed by atoms with Crippen LogP contribution in [0.25, 0.3) is 11.5 Å². The molecule has 0 atom stereocenters. The van der Waals surface area contributed by atoms with Crippen LogP contribution in [0.1, 0.15) is 16.2 Å². The minimum Gasteiger partial charge on any atom is -0.452 e. The van der Waals surface area contributed by atoms with Crippen molar-refractivity contribution in [2.75, 3.05) is 26.3 Å². The zero-order chi connectivity index (χ0) is 22.7. The van der Waals surface area contributed by atoms with E-state index in [0.29, 0.717) is 10.6 Å². The SMILES string of the molecule is O=C(OCc1nnc(-c2ccc(Cl)cc2)o1)c1cc(S(=O)(=O)N2CCOCC2)ccc1F. The van der Waals surface area contributed by atoms with E-state index in [-0.39, 0.29) is 43.0 Å². The highest BCUT2D eigenvalue weighted by atomic mass is 35.5. The first kappa shape index (κ1) is 22.3. The monoisotopic (exact) mass is 481 g/mol. The summed E-state index contributed by atoms with van der Waals surface area (Å²) in [6, 6.07) is 9.64. The van der Waals surface area contributed by atoms with Crippen molar-refractivity contribution in [3.05, 3.63) is 64.8 Å². The number of nitrogens with zero attached hydrogens (tertiary/aromatic N) is 3. The number of aromatic nitrogens is 2. The van der Waals surface area contributed by atoms with Crippen LogP contribution >= 0.6 is 11.6 Å². The molecule has 4 rings (SSSR count). The molecule has 1 aromatic heterocycles. The van der Waals surface area contributed by atoms with Gasteiger partial charge in [0.2, 0.25) is 15.9 Å². The van der Waals surface area contributed by atoms with Crippen LogP contribution in [-0.4, -0.2) is 55.2 Å². The molecule has 0 unspecified atom stereocenters. The Morgan fingerprint density at radius 1 is 1.12 bits per heavy atom. The van der Waals surface area contributed by atoms with Crippen LogP contribution in [0.15, 0.2) is 51.8 Å². The topological polar surface area (TPSA) is 112 Å². The van der Waals surface area contributed by atoms with Gasteiger partial charge >= 0.3 is 5.97 Å². The van der Waals surface area contributed by atoms with Gasteiger partial charge in [0, 0.05) is 23.7 Å². The van der Waals surface area contributed by atoms with Gasteiger partial charge in [-0.25, -0.2) is 17.6 Å². The maximum Gasteiger partial charge on any atom is 0.341 e. The molecule has 168 valence electrons. The predicted molar refractivity (Wildman–Crippen MR) is 110 cm³/mol. The summed E-state index contributed by atoms with van der Waals surface area (Å²) < 4.78 is 56.6. The van der Waals surface area contributed by atoms with Gasteiger partial charge in [-0.1, -0.05) is 11.6 Å². The largest absolute Gasteiger partial charge is 0.452 e. The van der Waals surface area contributed by atoms with Gasteiger partial charge in [-0.05, 0) is 42.5 Å². The van der Waals surface area contributed by atoms with E-state index in [1.807, 2.05) is 0 Å². The van der Waals surface area contributed by atoms with E-state index in [4.69, 9.17) is 25.5 Å². The minimum atomic E-state index is -3.90. The Labute approximate surface area is 187 Å². The molecular weight excluding hydrogens is 465 g/mol. The number of hydrogen-bond donors (Lipinski definition) is 0. The van der Waals surface area contributed by atoms with E-state index in [9.17, 15) is 17.6 Å². The van der Waals surface area contributed by atoms with Crippen LogP contribution in [0.2, 0.25) is 5.02 Å². The van der Waals surface area contributed by atoms with Crippen molar-refractivity contribution in [3.63, 3.8) is 0 Å². The maximum atomic E-state index is 14.2. The summed E-state index contributed by atoms with van der Waals surface area (Å²) in [7, 11) is -3.90. The molecule has 1 saturated heterocycles. The lowest BCUT2D eigenvalue weighted by atomic mass is 10.2. The van der Waals surface area contributed by atoms with Crippen LogP contribution in [0.3, 0.4) is 0 Å². The summed E-state index contributed by atoms with van der Waals surface area (Å²) in [5, 5.41) is 8.19. The van der Waals surface area contributed by atoms with E-state index in [0.717, 1.165) is 18.2 Å². The second-order valence-corrected chi connectivity index (χ2v) is 9.12. The van der Waals surface area contributed by atoms with Gasteiger partial charge in [0.1, 0.15) is 5.82 Å². The molecule has 2 aromatic carbocycles. The summed E-state index contributed by atoms with van der Waals surface area (Å²) in [6.07, 6.45) is 0. The van der Waals surface area contributed by atoms with Gasteiger partial charge in [0.05, 0.1) is 23.7 Å². The fourth-order valence-corrected chi connectivity index (χ4v) is 4.54. The van der Waals surface area contributed by atoms with E-state index >= 15 is 0 Å². The van der Waals surface area contributed by atoms with Gasteiger partial charge in [0.25, 0.3) is 5.89 Å². The lowest BCUT2D eigenvalue weighted by Crippen LogP contribution is -2.40. The highest BCUT2D eigenvalue weighted by molar-refractivity contribution is 7.89. The molecular formula is C20H17ClFN3O6S. The fraction of sp³-hybridized carbons (Fsp3) is 0.250. The van der Waals surface area contributed by atoms with Crippen LogP contribution in [-0.2, 0) is 26.1 Å². The quantitative estimate of drug-likeness (QED) is 0.494. The first-order valence-electron chi connectivity index (χ1n) is 9.47. The standard InChI is InChI=1S/C20H17ClFN3O6S/c21-14-3-1-13(2-4-14)19-24-23-18(31-19)12-30-20(26)16-11-15(5-6-17(16)22)32(27,28)25-7-9-29-10-8-25/h1-6,11H,7-10,12H2. The Morgan fingerprint density at radius 3 is 2.56 bits per heavy atom. The smallest absolute Gasteiger partial charge is 0.341 e. The van der Waals surface area contributed by atoms with Crippen molar-refractivity contribution in [1.29, 1.82) is 0 Å². The number of halogens is 2. The summed E-state index contributed by atoms with van der Waals surface area (Å²) in [6.45, 7) is 0.452. The van der Waals surface area contributed by atoms with Gasteiger partial charge in [-0.15, -0.1) is 10.2 Å². The molecule has 2 heterocycles. The number of hydrogen-bond acceptors (Lipinski definition) is 8. The molecule has 0 N–H and O–H groups in total. The van der Waals surface area contributed by atoms with Gasteiger partial charge in [-0.2, -0.15) is 4.31 Å². The van der Waals surface area contributed by atoms with Crippen molar-refractivity contribution >= 4 is 27.6 Å². The lowest BCUT2D eigenvalue weighted by molar-refractivity contribution is 0.0433. The number of benzene rings is 2. The lowest BCUT2D eigenvalue weighted by Gasteiger charge is -2.26. The Balaban J connectivity index is 1.47. The van der Waals surface area contributed by atoms with Crippen molar-refractivity contribution in [3.8, 4) is 11.5 Å². The zero-order valence-corrected chi connectivity index (χ0v) is 18.1. The van der Waals surface area contributed by atoms with Crippen molar-refractivity contribution in [1.82, 2.24) is 14.5 Å². The third-order valence-corrected chi connectivity index (χ3v) is 6.80. The van der Waals surface area contributed by atoms with E-state index in [1.54, 1.807) is 24.3 Å². The molecule has 12 heteroatoms. The Morgan fingerprint density at radius 2 is 1.84 bits per heavy atom. The van der Waals surface area contributed by atoms with E-state index < -0.39 is 34.0 Å². The molecule has 32 heavy (non-hydrogen) atoms. The zero-order valence-electron chi connectivity index (χ0n) is 16.5. The predicted octanol–water partition coefficient (Wildman–Crippen LogP) is 2.91. The summed E-state index contributed by atoms with van der Waals surface area (Å²) in [5.74, 6) is -1.80. The average molecular weight is 482 g/mol. The van der Waals surface area contributed by atoms with Crippen molar-refractivity contribution in [2.45, 2.75) is 11.5 Å². The third kappa shape index (κ3) is 4.80. The van der Waals surface area contributed by atoms with Crippen LogP contribution in [0, 0.1) is 5.82 Å². The highest BCUT2D eigenvalue weighted by Crippen LogP contribution is 2.22. The number of morpholine rings is 1. The molecule has 1 aliphatic heterocycles. The molecule has 0 saturated carbocycles. The van der Waals surface area contributed by atoms with Gasteiger partial charge < -0.3 is 13.9 Å². The molecule has 3 aromatic rings. The Bertz CT molecular complexity index is 1230. The number of esters is 1. The minimum absolute atomic E-state index is 0.0131. The molecule has 1 aliphatic rings. The second kappa shape index (κ2) is 9.33. The highest BCUT2D eigenvalue weighted by Gasteiger charge is 2.28. The van der Waals surface area contributed by atoms with Gasteiger partial charge in [-0.3, -0.25) is 0 Å². The normalized spacial score (nSPS) is 14.9.